The lowest BCUT2D eigenvalue weighted by Gasteiger charge is -2.29. The molecule has 1 N–H and O–H groups in total. The van der Waals surface area contributed by atoms with E-state index < -0.39 is 27.9 Å². The number of esters is 1. The topological polar surface area (TPSA) is 105 Å². The molecule has 1 saturated heterocycles. The molecule has 10 heteroatoms. The molecule has 1 atom stereocenters. The number of amidine groups is 1. The lowest BCUT2D eigenvalue weighted by Crippen LogP contribution is -2.36. The minimum atomic E-state index is -3.92. The Hall–Kier alpha value is -2.91. The van der Waals surface area contributed by atoms with Gasteiger partial charge in [-0.05, 0) is 42.7 Å². The number of carbonyl (C=O) groups excluding carboxylic acids is 2. The van der Waals surface area contributed by atoms with Crippen molar-refractivity contribution in [2.75, 3.05) is 18.6 Å². The Bertz CT molecular complexity index is 1230. The van der Waals surface area contributed by atoms with Crippen LogP contribution in [0.3, 0.4) is 0 Å². The molecule has 2 aliphatic rings. The number of nitrogens with one attached hydrogen (secondary N) is 1. The van der Waals surface area contributed by atoms with Gasteiger partial charge in [0.2, 0.25) is 0 Å². The summed E-state index contributed by atoms with van der Waals surface area (Å²) in [5, 5.41) is 3.18. The molecule has 4 rings (SSSR count). The zero-order valence-corrected chi connectivity index (χ0v) is 19.7. The first-order valence-corrected chi connectivity index (χ1v) is 12.5. The highest BCUT2D eigenvalue weighted by Gasteiger charge is 2.32. The number of rotatable bonds is 5. The third-order valence-electron chi connectivity index (χ3n) is 5.79. The molecule has 0 spiro atoms. The van der Waals surface area contributed by atoms with Gasteiger partial charge in [-0.3, -0.25) is 9.59 Å². The number of anilines is 1. The average Bonchev–Trinajstić information content (AvgIpc) is 3.03. The summed E-state index contributed by atoms with van der Waals surface area (Å²) in [6.07, 6.45) is 3.32. The first-order valence-electron chi connectivity index (χ1n) is 10.7. The summed E-state index contributed by atoms with van der Waals surface area (Å²) in [5.41, 5.74) is 1.24. The summed E-state index contributed by atoms with van der Waals surface area (Å²) in [4.78, 5) is 27.0. The lowest BCUT2D eigenvalue weighted by atomic mass is 10.0. The third kappa shape index (κ3) is 4.89. The number of methoxy groups -OCH3 is 1. The summed E-state index contributed by atoms with van der Waals surface area (Å²) in [6.45, 7) is 0.681. The summed E-state index contributed by atoms with van der Waals surface area (Å²) in [6, 6.07) is 10.7. The SMILES string of the molecule is COC(=O)C[C@H](NC(=O)c1ccc2c(c1)S(=O)(=O)N=C1CCCCCN12)c1ccccc1Cl. The number of carbonyl (C=O) groups is 2. The predicted octanol–water partition coefficient (Wildman–Crippen LogP) is 3.86. The van der Waals surface area contributed by atoms with E-state index in [1.165, 1.54) is 13.2 Å². The quantitative estimate of drug-likeness (QED) is 0.639. The number of amides is 1. The highest BCUT2D eigenvalue weighted by atomic mass is 35.5. The molecule has 0 saturated carbocycles. The van der Waals surface area contributed by atoms with Gasteiger partial charge >= 0.3 is 5.97 Å². The van der Waals surface area contributed by atoms with Crippen LogP contribution in [0.25, 0.3) is 0 Å². The maximum absolute atomic E-state index is 13.1. The Morgan fingerprint density at radius 2 is 1.97 bits per heavy atom. The van der Waals surface area contributed by atoms with E-state index in [-0.39, 0.29) is 16.9 Å². The van der Waals surface area contributed by atoms with Crippen LogP contribution in [0.4, 0.5) is 5.69 Å². The molecule has 0 aromatic heterocycles. The first-order chi connectivity index (χ1) is 15.8. The summed E-state index contributed by atoms with van der Waals surface area (Å²) in [5.74, 6) is -0.502. The molecule has 1 amide bonds. The van der Waals surface area contributed by atoms with Gasteiger partial charge in [0.25, 0.3) is 15.9 Å². The van der Waals surface area contributed by atoms with E-state index in [4.69, 9.17) is 16.3 Å². The smallest absolute Gasteiger partial charge is 0.307 e. The number of sulfonamides is 1. The molecule has 2 aliphatic heterocycles. The van der Waals surface area contributed by atoms with E-state index in [1.54, 1.807) is 36.4 Å². The number of benzene rings is 2. The fourth-order valence-electron chi connectivity index (χ4n) is 4.11. The van der Waals surface area contributed by atoms with E-state index >= 15 is 0 Å². The van der Waals surface area contributed by atoms with Crippen molar-refractivity contribution in [1.82, 2.24) is 5.32 Å². The number of halogens is 1. The number of hydrogen-bond acceptors (Lipinski definition) is 6. The van der Waals surface area contributed by atoms with E-state index in [0.717, 1.165) is 19.3 Å². The molecule has 1 fully saturated rings. The third-order valence-corrected chi connectivity index (χ3v) is 7.47. The molecule has 0 bridgehead atoms. The van der Waals surface area contributed by atoms with Gasteiger partial charge in [0, 0.05) is 23.6 Å². The molecule has 0 unspecified atom stereocenters. The lowest BCUT2D eigenvalue weighted by molar-refractivity contribution is -0.141. The van der Waals surface area contributed by atoms with Crippen LogP contribution >= 0.6 is 11.6 Å². The number of ether oxygens (including phenoxy) is 1. The molecule has 2 aromatic rings. The zero-order chi connectivity index (χ0) is 23.6. The van der Waals surface area contributed by atoms with Crippen LogP contribution in [0.1, 0.15) is 54.1 Å². The second kappa shape index (κ2) is 9.52. The molecule has 0 aliphatic carbocycles. The molecule has 174 valence electrons. The minimum Gasteiger partial charge on any atom is -0.469 e. The van der Waals surface area contributed by atoms with E-state index in [9.17, 15) is 18.0 Å². The Kier molecular flexibility index (Phi) is 6.71. The fourth-order valence-corrected chi connectivity index (χ4v) is 5.66. The van der Waals surface area contributed by atoms with Crippen LogP contribution in [0.15, 0.2) is 51.8 Å². The Morgan fingerprint density at radius 1 is 1.18 bits per heavy atom. The Morgan fingerprint density at radius 3 is 2.73 bits per heavy atom. The molecule has 8 nitrogen and oxygen atoms in total. The van der Waals surface area contributed by atoms with Crippen molar-refractivity contribution < 1.29 is 22.7 Å². The molecule has 0 radical (unpaired) electrons. The molecular weight excluding hydrogens is 466 g/mol. The van der Waals surface area contributed by atoms with Gasteiger partial charge in [-0.1, -0.05) is 36.2 Å². The second-order valence-electron chi connectivity index (χ2n) is 7.96. The van der Waals surface area contributed by atoms with Gasteiger partial charge < -0.3 is 15.0 Å². The highest BCUT2D eigenvalue weighted by Crippen LogP contribution is 2.35. The van der Waals surface area contributed by atoms with Gasteiger partial charge in [0.15, 0.2) is 0 Å². The zero-order valence-electron chi connectivity index (χ0n) is 18.1. The minimum absolute atomic E-state index is 0.00283. The number of fused-ring (bicyclic) bond motifs is 3. The van der Waals surface area contributed by atoms with E-state index in [0.29, 0.717) is 35.1 Å². The summed E-state index contributed by atoms with van der Waals surface area (Å²) in [7, 11) is -2.66. The molecule has 2 aromatic carbocycles. The normalized spacial score (nSPS) is 17.6. The predicted molar refractivity (Wildman–Crippen MR) is 125 cm³/mol. The van der Waals surface area contributed by atoms with Crippen molar-refractivity contribution in [3.8, 4) is 0 Å². The van der Waals surface area contributed by atoms with Crippen molar-refractivity contribution in [3.05, 3.63) is 58.6 Å². The monoisotopic (exact) mass is 489 g/mol. The van der Waals surface area contributed by atoms with Crippen LogP contribution in [0.2, 0.25) is 5.02 Å². The van der Waals surface area contributed by atoms with Crippen molar-refractivity contribution in [2.45, 2.75) is 43.0 Å². The maximum Gasteiger partial charge on any atom is 0.307 e. The van der Waals surface area contributed by atoms with Crippen molar-refractivity contribution >= 4 is 45.0 Å². The molecular formula is C23H24ClN3O5S. The summed E-state index contributed by atoms with van der Waals surface area (Å²) >= 11 is 6.28. The Balaban J connectivity index is 1.65. The van der Waals surface area contributed by atoms with Crippen LogP contribution < -0.4 is 10.2 Å². The largest absolute Gasteiger partial charge is 0.469 e. The van der Waals surface area contributed by atoms with Gasteiger partial charge in [-0.2, -0.15) is 8.42 Å². The number of nitrogens with zero attached hydrogens (tertiary/aromatic N) is 2. The van der Waals surface area contributed by atoms with E-state index in [1.807, 2.05) is 4.90 Å². The maximum atomic E-state index is 13.1. The van der Waals surface area contributed by atoms with Crippen LogP contribution in [-0.2, 0) is 19.6 Å². The van der Waals surface area contributed by atoms with Gasteiger partial charge in [0.05, 0.1) is 25.3 Å². The first kappa shape index (κ1) is 23.3. The van der Waals surface area contributed by atoms with Crippen molar-refractivity contribution in [2.24, 2.45) is 4.40 Å². The van der Waals surface area contributed by atoms with Crippen LogP contribution in [-0.4, -0.2) is 39.8 Å². The standard InChI is InChI=1S/C23H24ClN3O5S/c1-32-22(28)14-18(16-7-4-5-8-17(16)24)25-23(29)15-10-11-19-20(13-15)33(30,31)26-21-9-3-2-6-12-27(19)21/h4-5,7-8,10-11,13,18H,2-3,6,9,12,14H2,1H3,(H,25,29)/t18-/m0/s1. The van der Waals surface area contributed by atoms with Gasteiger partial charge in [-0.15, -0.1) is 4.40 Å². The fraction of sp³-hybridized carbons (Fsp3) is 0.348. The average molecular weight is 490 g/mol. The van der Waals surface area contributed by atoms with Gasteiger partial charge in [-0.25, -0.2) is 0 Å². The van der Waals surface area contributed by atoms with E-state index in [2.05, 4.69) is 9.71 Å². The van der Waals surface area contributed by atoms with Crippen LogP contribution in [0.5, 0.6) is 0 Å². The second-order valence-corrected chi connectivity index (χ2v) is 9.93. The Labute approximate surface area is 197 Å². The molecule has 33 heavy (non-hydrogen) atoms. The van der Waals surface area contributed by atoms with Crippen molar-refractivity contribution in [1.29, 1.82) is 0 Å². The highest BCUT2D eigenvalue weighted by molar-refractivity contribution is 7.90. The van der Waals surface area contributed by atoms with Crippen molar-refractivity contribution in [3.63, 3.8) is 0 Å². The van der Waals surface area contributed by atoms with Crippen LogP contribution in [0, 0.1) is 0 Å². The molecule has 2 heterocycles. The number of hydrogen-bond donors (Lipinski definition) is 1. The van der Waals surface area contributed by atoms with Gasteiger partial charge in [0.1, 0.15) is 10.7 Å². The summed E-state index contributed by atoms with van der Waals surface area (Å²) < 4.78 is 34.5.